The SMILES string of the molecule is CC(=O)Nc1ccc(CCOCCc2ccc(NC(C)=O)cc2)cc1. The second-order valence-electron chi connectivity index (χ2n) is 5.87. The highest BCUT2D eigenvalue weighted by Gasteiger charge is 1.99. The number of carbonyl (C=O) groups excluding carboxylic acids is 2. The summed E-state index contributed by atoms with van der Waals surface area (Å²) in [4.78, 5) is 22.0. The summed E-state index contributed by atoms with van der Waals surface area (Å²) in [6.45, 7) is 4.30. The third-order valence-electron chi connectivity index (χ3n) is 3.62. The van der Waals surface area contributed by atoms with Crippen LogP contribution in [0.4, 0.5) is 11.4 Å². The molecule has 0 aromatic heterocycles. The Labute approximate surface area is 148 Å². The Hall–Kier alpha value is -2.66. The number of hydrogen-bond donors (Lipinski definition) is 2. The first-order valence-corrected chi connectivity index (χ1v) is 8.34. The van der Waals surface area contributed by atoms with E-state index in [4.69, 9.17) is 4.74 Å². The van der Waals surface area contributed by atoms with E-state index in [0.29, 0.717) is 13.2 Å². The summed E-state index contributed by atoms with van der Waals surface area (Å²) in [5, 5.41) is 5.49. The number of carbonyl (C=O) groups is 2. The maximum absolute atomic E-state index is 11.0. The molecule has 0 aliphatic rings. The average molecular weight is 340 g/mol. The second kappa shape index (κ2) is 9.59. The Morgan fingerprint density at radius 1 is 0.720 bits per heavy atom. The fourth-order valence-electron chi connectivity index (χ4n) is 2.40. The lowest BCUT2D eigenvalue weighted by Crippen LogP contribution is -2.06. The molecule has 2 rings (SSSR count). The maximum Gasteiger partial charge on any atom is 0.221 e. The van der Waals surface area contributed by atoms with Gasteiger partial charge in [0.05, 0.1) is 13.2 Å². The lowest BCUT2D eigenvalue weighted by molar-refractivity contribution is -0.115. The molecule has 0 atom stereocenters. The van der Waals surface area contributed by atoms with Crippen LogP contribution >= 0.6 is 0 Å². The molecule has 0 radical (unpaired) electrons. The van der Waals surface area contributed by atoms with E-state index in [9.17, 15) is 9.59 Å². The molecule has 132 valence electrons. The molecule has 5 nitrogen and oxygen atoms in total. The first kappa shape index (κ1) is 18.7. The Bertz CT molecular complexity index is 632. The molecular formula is C20H24N2O3. The zero-order valence-electron chi connectivity index (χ0n) is 14.7. The van der Waals surface area contributed by atoms with Gasteiger partial charge >= 0.3 is 0 Å². The minimum atomic E-state index is -0.0683. The van der Waals surface area contributed by atoms with E-state index in [1.165, 1.54) is 25.0 Å². The van der Waals surface area contributed by atoms with Crippen molar-refractivity contribution in [3.05, 3.63) is 59.7 Å². The van der Waals surface area contributed by atoms with Gasteiger partial charge in [-0.1, -0.05) is 24.3 Å². The second-order valence-corrected chi connectivity index (χ2v) is 5.87. The summed E-state index contributed by atoms with van der Waals surface area (Å²) in [6.07, 6.45) is 1.67. The molecule has 2 aromatic rings. The van der Waals surface area contributed by atoms with Gasteiger partial charge < -0.3 is 15.4 Å². The largest absolute Gasteiger partial charge is 0.381 e. The van der Waals surface area contributed by atoms with Crippen LogP contribution < -0.4 is 10.6 Å². The quantitative estimate of drug-likeness (QED) is 0.724. The number of benzene rings is 2. The van der Waals surface area contributed by atoms with Gasteiger partial charge in [-0.25, -0.2) is 0 Å². The zero-order valence-corrected chi connectivity index (χ0v) is 14.7. The topological polar surface area (TPSA) is 67.4 Å². The summed E-state index contributed by atoms with van der Waals surface area (Å²) < 4.78 is 5.69. The number of anilines is 2. The number of rotatable bonds is 8. The Morgan fingerprint density at radius 3 is 1.40 bits per heavy atom. The van der Waals surface area contributed by atoms with E-state index in [1.54, 1.807) is 0 Å². The molecule has 5 heteroatoms. The van der Waals surface area contributed by atoms with Gasteiger partial charge in [0.1, 0.15) is 0 Å². The molecule has 2 amide bonds. The number of ether oxygens (including phenoxy) is 1. The summed E-state index contributed by atoms with van der Waals surface area (Å²) in [5.41, 5.74) is 3.96. The summed E-state index contributed by atoms with van der Waals surface area (Å²) >= 11 is 0. The Morgan fingerprint density at radius 2 is 1.08 bits per heavy atom. The van der Waals surface area contributed by atoms with Gasteiger partial charge in [0.2, 0.25) is 11.8 Å². The first-order valence-electron chi connectivity index (χ1n) is 8.34. The van der Waals surface area contributed by atoms with E-state index in [0.717, 1.165) is 24.2 Å². The predicted molar refractivity (Wildman–Crippen MR) is 99.7 cm³/mol. The number of hydrogen-bond acceptors (Lipinski definition) is 3. The van der Waals surface area contributed by atoms with E-state index >= 15 is 0 Å². The van der Waals surface area contributed by atoms with Gasteiger partial charge in [0, 0.05) is 25.2 Å². The minimum Gasteiger partial charge on any atom is -0.381 e. The molecule has 0 bridgehead atoms. The van der Waals surface area contributed by atoms with E-state index in [2.05, 4.69) is 10.6 Å². The van der Waals surface area contributed by atoms with Crippen molar-refractivity contribution >= 4 is 23.2 Å². The van der Waals surface area contributed by atoms with Crippen LogP contribution in [-0.4, -0.2) is 25.0 Å². The van der Waals surface area contributed by atoms with Gasteiger partial charge in [0.25, 0.3) is 0 Å². The average Bonchev–Trinajstić information content (AvgIpc) is 2.56. The van der Waals surface area contributed by atoms with Crippen LogP contribution in [0.3, 0.4) is 0 Å². The molecule has 0 aliphatic carbocycles. The van der Waals surface area contributed by atoms with Crippen LogP contribution in [0, 0.1) is 0 Å². The number of amides is 2. The monoisotopic (exact) mass is 340 g/mol. The van der Waals surface area contributed by atoms with Gasteiger partial charge in [-0.05, 0) is 48.2 Å². The normalized spacial score (nSPS) is 10.3. The van der Waals surface area contributed by atoms with Crippen molar-refractivity contribution < 1.29 is 14.3 Å². The highest BCUT2D eigenvalue weighted by atomic mass is 16.5. The van der Waals surface area contributed by atoms with Crippen LogP contribution in [0.25, 0.3) is 0 Å². The van der Waals surface area contributed by atoms with Crippen LogP contribution in [0.5, 0.6) is 0 Å². The van der Waals surface area contributed by atoms with Crippen molar-refractivity contribution in [1.29, 1.82) is 0 Å². The van der Waals surface area contributed by atoms with Crippen molar-refractivity contribution in [2.24, 2.45) is 0 Å². The van der Waals surface area contributed by atoms with Gasteiger partial charge in [-0.15, -0.1) is 0 Å². The molecule has 2 aromatic carbocycles. The minimum absolute atomic E-state index is 0.0683. The highest BCUT2D eigenvalue weighted by molar-refractivity contribution is 5.89. The third kappa shape index (κ3) is 7.18. The fourth-order valence-corrected chi connectivity index (χ4v) is 2.40. The van der Waals surface area contributed by atoms with Crippen molar-refractivity contribution in [3.8, 4) is 0 Å². The van der Waals surface area contributed by atoms with E-state index in [1.807, 2.05) is 48.5 Å². The number of nitrogens with one attached hydrogen (secondary N) is 2. The van der Waals surface area contributed by atoms with Crippen molar-refractivity contribution in [3.63, 3.8) is 0 Å². The molecule has 0 saturated carbocycles. The molecule has 0 spiro atoms. The first-order chi connectivity index (χ1) is 12.0. The van der Waals surface area contributed by atoms with Gasteiger partial charge in [0.15, 0.2) is 0 Å². The third-order valence-corrected chi connectivity index (χ3v) is 3.62. The summed E-state index contributed by atoms with van der Waals surface area (Å²) in [6, 6.07) is 15.6. The molecule has 0 aliphatic heterocycles. The fraction of sp³-hybridized carbons (Fsp3) is 0.300. The molecular weight excluding hydrogens is 316 g/mol. The summed E-state index contributed by atoms with van der Waals surface area (Å²) in [7, 11) is 0. The Balaban J connectivity index is 1.66. The standard InChI is InChI=1S/C20H24N2O3/c1-15(23)21-19-7-3-17(4-8-19)11-13-25-14-12-18-5-9-20(10-6-18)22-16(2)24/h3-10H,11-14H2,1-2H3,(H,21,23)(H,22,24). The maximum atomic E-state index is 11.0. The molecule has 0 saturated heterocycles. The van der Waals surface area contributed by atoms with Crippen molar-refractivity contribution in [2.45, 2.75) is 26.7 Å². The van der Waals surface area contributed by atoms with Crippen LogP contribution in [0.2, 0.25) is 0 Å². The highest BCUT2D eigenvalue weighted by Crippen LogP contribution is 2.11. The molecule has 0 heterocycles. The predicted octanol–water partition coefficient (Wildman–Crippen LogP) is 3.41. The molecule has 0 fully saturated rings. The van der Waals surface area contributed by atoms with Crippen molar-refractivity contribution in [2.75, 3.05) is 23.8 Å². The van der Waals surface area contributed by atoms with Crippen LogP contribution in [-0.2, 0) is 27.2 Å². The van der Waals surface area contributed by atoms with Crippen LogP contribution in [0.1, 0.15) is 25.0 Å². The van der Waals surface area contributed by atoms with E-state index < -0.39 is 0 Å². The van der Waals surface area contributed by atoms with Crippen molar-refractivity contribution in [1.82, 2.24) is 0 Å². The lowest BCUT2D eigenvalue weighted by Gasteiger charge is -2.07. The smallest absolute Gasteiger partial charge is 0.221 e. The van der Waals surface area contributed by atoms with Gasteiger partial charge in [-0.2, -0.15) is 0 Å². The molecule has 2 N–H and O–H groups in total. The van der Waals surface area contributed by atoms with E-state index in [-0.39, 0.29) is 11.8 Å². The molecule has 0 unspecified atom stereocenters. The lowest BCUT2D eigenvalue weighted by atomic mass is 10.1. The molecule has 25 heavy (non-hydrogen) atoms. The van der Waals surface area contributed by atoms with Gasteiger partial charge in [-0.3, -0.25) is 9.59 Å². The Kier molecular flexibility index (Phi) is 7.16. The zero-order chi connectivity index (χ0) is 18.1. The summed E-state index contributed by atoms with van der Waals surface area (Å²) in [5.74, 6) is -0.137. The van der Waals surface area contributed by atoms with Crippen LogP contribution in [0.15, 0.2) is 48.5 Å².